The standard InChI is InChI=1S/C12H11NO/c1-7-3-4-10-9(5-7)6-11-12(10)13-8(2)14-11/h3-5H,6H2,1-2H3. The second-order valence-electron chi connectivity index (χ2n) is 3.84. The van der Waals surface area contributed by atoms with Crippen molar-refractivity contribution < 1.29 is 4.42 Å². The van der Waals surface area contributed by atoms with Crippen molar-refractivity contribution in [3.8, 4) is 11.3 Å². The van der Waals surface area contributed by atoms with Gasteiger partial charge in [-0.25, -0.2) is 4.98 Å². The lowest BCUT2D eigenvalue weighted by Gasteiger charge is -1.99. The number of hydrogen-bond acceptors (Lipinski definition) is 2. The number of fused-ring (bicyclic) bond motifs is 3. The largest absolute Gasteiger partial charge is 0.445 e. The number of aromatic nitrogens is 1. The highest BCUT2D eigenvalue weighted by atomic mass is 16.4. The molecule has 0 N–H and O–H groups in total. The number of rotatable bonds is 0. The average Bonchev–Trinajstić information content (AvgIpc) is 2.59. The van der Waals surface area contributed by atoms with Crippen LogP contribution in [0.4, 0.5) is 0 Å². The minimum atomic E-state index is 0.765. The molecule has 0 spiro atoms. The van der Waals surface area contributed by atoms with Crippen LogP contribution >= 0.6 is 0 Å². The molecule has 2 heteroatoms. The molecule has 0 fully saturated rings. The Bertz CT molecular complexity index is 511. The summed E-state index contributed by atoms with van der Waals surface area (Å²) in [6, 6.07) is 6.47. The van der Waals surface area contributed by atoms with Crippen LogP contribution in [0.3, 0.4) is 0 Å². The highest BCUT2D eigenvalue weighted by Crippen LogP contribution is 2.36. The van der Waals surface area contributed by atoms with Gasteiger partial charge in [0.05, 0.1) is 0 Å². The van der Waals surface area contributed by atoms with E-state index in [9.17, 15) is 0 Å². The number of benzene rings is 1. The van der Waals surface area contributed by atoms with Gasteiger partial charge in [0.15, 0.2) is 5.89 Å². The fourth-order valence-corrected chi connectivity index (χ4v) is 2.07. The van der Waals surface area contributed by atoms with Crippen LogP contribution in [0.1, 0.15) is 22.8 Å². The van der Waals surface area contributed by atoms with Crippen LogP contribution in [0.2, 0.25) is 0 Å². The highest BCUT2D eigenvalue weighted by molar-refractivity contribution is 5.71. The minimum Gasteiger partial charge on any atom is -0.445 e. The van der Waals surface area contributed by atoms with Gasteiger partial charge in [0.1, 0.15) is 11.5 Å². The predicted octanol–water partition coefficient (Wildman–Crippen LogP) is 2.86. The van der Waals surface area contributed by atoms with Crippen molar-refractivity contribution in [1.29, 1.82) is 0 Å². The zero-order valence-corrected chi connectivity index (χ0v) is 8.29. The van der Waals surface area contributed by atoms with Crippen molar-refractivity contribution in [1.82, 2.24) is 4.98 Å². The van der Waals surface area contributed by atoms with E-state index in [4.69, 9.17) is 4.42 Å². The molecular weight excluding hydrogens is 174 g/mol. The van der Waals surface area contributed by atoms with Gasteiger partial charge in [0.25, 0.3) is 0 Å². The topological polar surface area (TPSA) is 26.0 Å². The van der Waals surface area contributed by atoms with Crippen LogP contribution in [0, 0.1) is 13.8 Å². The van der Waals surface area contributed by atoms with E-state index in [2.05, 4.69) is 30.1 Å². The number of hydrogen-bond donors (Lipinski definition) is 0. The molecule has 0 radical (unpaired) electrons. The van der Waals surface area contributed by atoms with Crippen LogP contribution in [0.25, 0.3) is 11.3 Å². The van der Waals surface area contributed by atoms with Gasteiger partial charge in [-0.2, -0.15) is 0 Å². The van der Waals surface area contributed by atoms with E-state index in [0.717, 1.165) is 23.8 Å². The monoisotopic (exact) mass is 185 g/mol. The summed E-state index contributed by atoms with van der Waals surface area (Å²) in [6.45, 7) is 4.01. The second-order valence-corrected chi connectivity index (χ2v) is 3.84. The molecule has 1 aromatic carbocycles. The fraction of sp³-hybridized carbons (Fsp3) is 0.250. The number of aryl methyl sites for hydroxylation is 2. The van der Waals surface area contributed by atoms with E-state index in [1.807, 2.05) is 6.92 Å². The van der Waals surface area contributed by atoms with Gasteiger partial charge in [-0.05, 0) is 12.5 Å². The molecule has 0 saturated heterocycles. The first kappa shape index (κ1) is 7.80. The lowest BCUT2D eigenvalue weighted by molar-refractivity contribution is 0.486. The van der Waals surface area contributed by atoms with Crippen molar-refractivity contribution in [2.45, 2.75) is 20.3 Å². The smallest absolute Gasteiger partial charge is 0.191 e. The molecule has 0 amide bonds. The molecular formula is C12H11NO. The second kappa shape index (κ2) is 2.47. The molecule has 0 bridgehead atoms. The average molecular weight is 185 g/mol. The highest BCUT2D eigenvalue weighted by Gasteiger charge is 2.23. The van der Waals surface area contributed by atoms with Crippen molar-refractivity contribution in [3.63, 3.8) is 0 Å². The van der Waals surface area contributed by atoms with Crippen molar-refractivity contribution in [2.75, 3.05) is 0 Å². The molecule has 1 heterocycles. The van der Waals surface area contributed by atoms with Gasteiger partial charge in [-0.3, -0.25) is 0 Å². The maximum absolute atomic E-state index is 5.54. The van der Waals surface area contributed by atoms with Crippen LogP contribution in [0.15, 0.2) is 22.6 Å². The summed E-state index contributed by atoms with van der Waals surface area (Å²) in [5, 5.41) is 0. The molecule has 0 saturated carbocycles. The van der Waals surface area contributed by atoms with E-state index in [1.54, 1.807) is 0 Å². The van der Waals surface area contributed by atoms with Crippen LogP contribution in [-0.2, 0) is 6.42 Å². The molecule has 1 aliphatic rings. The third-order valence-electron chi connectivity index (χ3n) is 2.67. The quantitative estimate of drug-likeness (QED) is 0.538. The van der Waals surface area contributed by atoms with Crippen LogP contribution in [0.5, 0.6) is 0 Å². The van der Waals surface area contributed by atoms with Gasteiger partial charge in [-0.15, -0.1) is 0 Å². The summed E-state index contributed by atoms with van der Waals surface area (Å²) in [4.78, 5) is 4.40. The maximum Gasteiger partial charge on any atom is 0.191 e. The Kier molecular flexibility index (Phi) is 1.38. The Morgan fingerprint density at radius 1 is 1.29 bits per heavy atom. The van der Waals surface area contributed by atoms with Gasteiger partial charge in [0.2, 0.25) is 0 Å². The zero-order valence-electron chi connectivity index (χ0n) is 8.29. The molecule has 70 valence electrons. The first-order valence-electron chi connectivity index (χ1n) is 4.80. The fourth-order valence-electron chi connectivity index (χ4n) is 2.07. The molecule has 0 atom stereocenters. The lowest BCUT2D eigenvalue weighted by Crippen LogP contribution is -1.83. The third kappa shape index (κ3) is 0.939. The van der Waals surface area contributed by atoms with E-state index in [0.29, 0.717) is 0 Å². The Morgan fingerprint density at radius 2 is 2.14 bits per heavy atom. The predicted molar refractivity (Wildman–Crippen MR) is 54.2 cm³/mol. The Labute approximate surface area is 82.6 Å². The summed E-state index contributed by atoms with van der Waals surface area (Å²) in [6.07, 6.45) is 0.896. The Balaban J connectivity index is 2.25. The third-order valence-corrected chi connectivity index (χ3v) is 2.67. The van der Waals surface area contributed by atoms with Gasteiger partial charge >= 0.3 is 0 Å². The normalized spacial score (nSPS) is 12.7. The van der Waals surface area contributed by atoms with E-state index in [1.165, 1.54) is 16.7 Å². The summed E-state index contributed by atoms with van der Waals surface area (Å²) in [7, 11) is 0. The number of oxazole rings is 1. The SMILES string of the molecule is Cc1ccc2c(c1)Cc1oc(C)nc1-2. The van der Waals surface area contributed by atoms with E-state index < -0.39 is 0 Å². The van der Waals surface area contributed by atoms with Crippen molar-refractivity contribution in [2.24, 2.45) is 0 Å². The molecule has 1 aliphatic carbocycles. The van der Waals surface area contributed by atoms with Crippen molar-refractivity contribution in [3.05, 3.63) is 41.0 Å². The first-order chi connectivity index (χ1) is 6.74. The minimum absolute atomic E-state index is 0.765. The van der Waals surface area contributed by atoms with Gasteiger partial charge in [-0.1, -0.05) is 23.8 Å². The molecule has 0 unspecified atom stereocenters. The Hall–Kier alpha value is -1.57. The molecule has 2 nitrogen and oxygen atoms in total. The first-order valence-corrected chi connectivity index (χ1v) is 4.80. The summed E-state index contributed by atoms with van der Waals surface area (Å²) in [5.41, 5.74) is 4.91. The van der Waals surface area contributed by atoms with E-state index >= 15 is 0 Å². The molecule has 14 heavy (non-hydrogen) atoms. The lowest BCUT2D eigenvalue weighted by atomic mass is 10.1. The Morgan fingerprint density at radius 3 is 3.00 bits per heavy atom. The molecule has 2 aromatic rings. The molecule has 1 aromatic heterocycles. The summed E-state index contributed by atoms with van der Waals surface area (Å²) < 4.78 is 5.54. The zero-order chi connectivity index (χ0) is 9.71. The summed E-state index contributed by atoms with van der Waals surface area (Å²) >= 11 is 0. The van der Waals surface area contributed by atoms with E-state index in [-0.39, 0.29) is 0 Å². The van der Waals surface area contributed by atoms with Crippen molar-refractivity contribution >= 4 is 0 Å². The molecule has 0 aliphatic heterocycles. The number of nitrogens with zero attached hydrogens (tertiary/aromatic N) is 1. The van der Waals surface area contributed by atoms with Crippen LogP contribution < -0.4 is 0 Å². The van der Waals surface area contributed by atoms with Gasteiger partial charge in [0, 0.05) is 18.9 Å². The van der Waals surface area contributed by atoms with Gasteiger partial charge < -0.3 is 4.42 Å². The maximum atomic E-state index is 5.54. The summed E-state index contributed by atoms with van der Waals surface area (Å²) in [5.74, 6) is 1.78. The van der Waals surface area contributed by atoms with Crippen LogP contribution in [-0.4, -0.2) is 4.98 Å². The molecule has 3 rings (SSSR count).